The second-order valence-corrected chi connectivity index (χ2v) is 6.55. The molecule has 0 aromatic heterocycles. The Hall–Kier alpha value is -0.610. The SMILES string of the molecule is CC(C)(N)CCC(=O)NC1CCN2CCCCC12. The normalized spacial score (nSPS) is 29.1. The van der Waals surface area contributed by atoms with E-state index in [1.165, 1.54) is 25.8 Å². The van der Waals surface area contributed by atoms with Crippen molar-refractivity contribution in [1.29, 1.82) is 0 Å². The van der Waals surface area contributed by atoms with Crippen LogP contribution in [0.3, 0.4) is 0 Å². The van der Waals surface area contributed by atoms with Gasteiger partial charge < -0.3 is 11.1 Å². The highest BCUT2D eigenvalue weighted by Gasteiger charge is 2.36. The number of nitrogens with one attached hydrogen (secondary N) is 1. The van der Waals surface area contributed by atoms with Crippen molar-refractivity contribution < 1.29 is 4.79 Å². The zero-order valence-corrected chi connectivity index (χ0v) is 11.7. The number of piperidine rings is 1. The molecule has 2 heterocycles. The van der Waals surface area contributed by atoms with Crippen LogP contribution in [-0.4, -0.2) is 41.5 Å². The zero-order chi connectivity index (χ0) is 13.2. The number of nitrogens with two attached hydrogens (primary N) is 1. The van der Waals surface area contributed by atoms with Crippen LogP contribution in [-0.2, 0) is 4.79 Å². The smallest absolute Gasteiger partial charge is 0.220 e. The van der Waals surface area contributed by atoms with Crippen molar-refractivity contribution in [2.24, 2.45) is 5.73 Å². The van der Waals surface area contributed by atoms with Crippen molar-refractivity contribution in [3.05, 3.63) is 0 Å². The minimum atomic E-state index is -0.246. The third-order valence-electron chi connectivity index (χ3n) is 4.20. The molecule has 2 atom stereocenters. The summed E-state index contributed by atoms with van der Waals surface area (Å²) in [4.78, 5) is 14.5. The molecule has 0 spiro atoms. The van der Waals surface area contributed by atoms with E-state index in [0.717, 1.165) is 19.4 Å². The van der Waals surface area contributed by atoms with Gasteiger partial charge in [0.15, 0.2) is 0 Å². The second-order valence-electron chi connectivity index (χ2n) is 6.55. The fourth-order valence-electron chi connectivity index (χ4n) is 3.13. The first-order valence-corrected chi connectivity index (χ1v) is 7.28. The summed E-state index contributed by atoms with van der Waals surface area (Å²) in [5.41, 5.74) is 5.66. The summed E-state index contributed by atoms with van der Waals surface area (Å²) in [5.74, 6) is 0.172. The molecule has 2 unspecified atom stereocenters. The lowest BCUT2D eigenvalue weighted by Crippen LogP contribution is -2.47. The summed E-state index contributed by atoms with van der Waals surface area (Å²) in [6.45, 7) is 6.31. The highest BCUT2D eigenvalue weighted by atomic mass is 16.1. The van der Waals surface area contributed by atoms with Gasteiger partial charge >= 0.3 is 0 Å². The van der Waals surface area contributed by atoms with E-state index >= 15 is 0 Å². The largest absolute Gasteiger partial charge is 0.352 e. The fraction of sp³-hybridized carbons (Fsp3) is 0.929. The predicted octanol–water partition coefficient (Wildman–Crippen LogP) is 1.25. The Balaban J connectivity index is 1.77. The monoisotopic (exact) mass is 253 g/mol. The Morgan fingerprint density at radius 1 is 1.33 bits per heavy atom. The number of rotatable bonds is 4. The van der Waals surface area contributed by atoms with E-state index in [4.69, 9.17) is 5.73 Å². The maximum absolute atomic E-state index is 11.9. The zero-order valence-electron chi connectivity index (χ0n) is 11.7. The summed E-state index contributed by atoms with van der Waals surface area (Å²) in [7, 11) is 0. The molecule has 3 N–H and O–H groups in total. The number of nitrogens with zero attached hydrogens (tertiary/aromatic N) is 1. The lowest BCUT2D eigenvalue weighted by atomic mass is 9.97. The highest BCUT2D eigenvalue weighted by molar-refractivity contribution is 5.76. The van der Waals surface area contributed by atoms with Gasteiger partial charge in [-0.05, 0) is 46.1 Å². The first-order chi connectivity index (χ1) is 8.46. The van der Waals surface area contributed by atoms with E-state index < -0.39 is 0 Å². The molecule has 4 heteroatoms. The van der Waals surface area contributed by atoms with Crippen molar-refractivity contribution in [3.8, 4) is 0 Å². The van der Waals surface area contributed by atoms with Crippen LogP contribution in [0.1, 0.15) is 52.4 Å². The Labute approximate surface area is 110 Å². The number of carbonyl (C=O) groups excluding carboxylic acids is 1. The van der Waals surface area contributed by atoms with Gasteiger partial charge in [0.1, 0.15) is 0 Å². The Morgan fingerprint density at radius 2 is 2.11 bits per heavy atom. The average molecular weight is 253 g/mol. The number of fused-ring (bicyclic) bond motifs is 1. The van der Waals surface area contributed by atoms with E-state index in [1.807, 2.05) is 13.8 Å². The lowest BCUT2D eigenvalue weighted by molar-refractivity contribution is -0.122. The van der Waals surface area contributed by atoms with Crippen LogP contribution in [0.2, 0.25) is 0 Å². The quantitative estimate of drug-likeness (QED) is 0.792. The number of carbonyl (C=O) groups is 1. The van der Waals surface area contributed by atoms with Gasteiger partial charge in [-0.25, -0.2) is 0 Å². The van der Waals surface area contributed by atoms with Crippen LogP contribution >= 0.6 is 0 Å². The predicted molar refractivity (Wildman–Crippen MR) is 73.3 cm³/mol. The van der Waals surface area contributed by atoms with E-state index in [-0.39, 0.29) is 11.4 Å². The maximum Gasteiger partial charge on any atom is 0.220 e. The highest BCUT2D eigenvalue weighted by Crippen LogP contribution is 2.27. The van der Waals surface area contributed by atoms with Crippen molar-refractivity contribution in [2.45, 2.75) is 70.0 Å². The van der Waals surface area contributed by atoms with Crippen LogP contribution in [0.25, 0.3) is 0 Å². The summed E-state index contributed by atoms with van der Waals surface area (Å²) >= 11 is 0. The molecular formula is C14H27N3O. The fourth-order valence-corrected chi connectivity index (χ4v) is 3.13. The Bertz CT molecular complexity index is 298. The molecule has 2 saturated heterocycles. The van der Waals surface area contributed by atoms with Gasteiger partial charge in [0.05, 0.1) is 0 Å². The maximum atomic E-state index is 11.9. The third-order valence-corrected chi connectivity index (χ3v) is 4.20. The minimum absolute atomic E-state index is 0.172. The molecule has 18 heavy (non-hydrogen) atoms. The van der Waals surface area contributed by atoms with Crippen molar-refractivity contribution >= 4 is 5.91 Å². The third kappa shape index (κ3) is 3.69. The second kappa shape index (κ2) is 5.57. The van der Waals surface area contributed by atoms with Crippen LogP contribution < -0.4 is 11.1 Å². The molecule has 0 aliphatic carbocycles. The number of amides is 1. The van der Waals surface area contributed by atoms with Crippen molar-refractivity contribution in [1.82, 2.24) is 10.2 Å². The molecule has 0 aromatic carbocycles. The van der Waals surface area contributed by atoms with Gasteiger partial charge in [-0.3, -0.25) is 9.69 Å². The van der Waals surface area contributed by atoms with Gasteiger partial charge in [-0.2, -0.15) is 0 Å². The van der Waals surface area contributed by atoms with Gasteiger partial charge in [-0.15, -0.1) is 0 Å². The van der Waals surface area contributed by atoms with Crippen LogP contribution in [0.5, 0.6) is 0 Å². The molecule has 2 aliphatic rings. The molecule has 2 rings (SSSR count). The van der Waals surface area contributed by atoms with Gasteiger partial charge in [-0.1, -0.05) is 6.42 Å². The van der Waals surface area contributed by atoms with E-state index in [2.05, 4.69) is 10.2 Å². The van der Waals surface area contributed by atoms with Crippen LogP contribution in [0, 0.1) is 0 Å². The molecular weight excluding hydrogens is 226 g/mol. The molecule has 0 radical (unpaired) electrons. The van der Waals surface area contributed by atoms with Crippen molar-refractivity contribution in [2.75, 3.05) is 13.1 Å². The molecule has 0 aromatic rings. The van der Waals surface area contributed by atoms with Gasteiger partial charge in [0.25, 0.3) is 0 Å². The summed E-state index contributed by atoms with van der Waals surface area (Å²) in [5, 5.41) is 3.21. The molecule has 1 amide bonds. The minimum Gasteiger partial charge on any atom is -0.352 e. The molecule has 2 aliphatic heterocycles. The first kappa shape index (κ1) is 13.8. The molecule has 4 nitrogen and oxygen atoms in total. The standard InChI is InChI=1S/C14H27N3O/c1-14(2,15)8-6-13(18)16-11-7-10-17-9-4-3-5-12(11)17/h11-12H,3-10,15H2,1-2H3,(H,16,18). The van der Waals surface area contributed by atoms with Gasteiger partial charge in [0, 0.05) is 30.6 Å². The van der Waals surface area contributed by atoms with Gasteiger partial charge in [0.2, 0.25) is 5.91 Å². The van der Waals surface area contributed by atoms with E-state index in [9.17, 15) is 4.79 Å². The molecule has 104 valence electrons. The first-order valence-electron chi connectivity index (χ1n) is 7.28. The van der Waals surface area contributed by atoms with E-state index in [0.29, 0.717) is 18.5 Å². The molecule has 0 saturated carbocycles. The van der Waals surface area contributed by atoms with E-state index in [1.54, 1.807) is 0 Å². The topological polar surface area (TPSA) is 58.4 Å². The average Bonchev–Trinajstić information content (AvgIpc) is 2.70. The summed E-state index contributed by atoms with van der Waals surface area (Å²) in [6, 6.07) is 0.965. The summed E-state index contributed by atoms with van der Waals surface area (Å²) < 4.78 is 0. The molecule has 2 fully saturated rings. The lowest BCUT2D eigenvalue weighted by Gasteiger charge is -2.32. The van der Waals surface area contributed by atoms with Crippen molar-refractivity contribution in [3.63, 3.8) is 0 Å². The van der Waals surface area contributed by atoms with Crippen LogP contribution in [0.15, 0.2) is 0 Å². The Kier molecular flexibility index (Phi) is 4.28. The number of hydrogen-bond acceptors (Lipinski definition) is 3. The summed E-state index contributed by atoms with van der Waals surface area (Å²) in [6.07, 6.45) is 6.28. The molecule has 0 bridgehead atoms. The Morgan fingerprint density at radius 3 is 2.83 bits per heavy atom. The number of hydrogen-bond donors (Lipinski definition) is 2. The van der Waals surface area contributed by atoms with Crippen LogP contribution in [0.4, 0.5) is 0 Å².